The van der Waals surface area contributed by atoms with Gasteiger partial charge in [0.2, 0.25) is 0 Å². The maximum absolute atomic E-state index is 13.7. The molecule has 2 rings (SSSR count). The molecule has 1 atom stereocenters. The molecule has 0 saturated carbocycles. The Balaban J connectivity index is 0.00000180. The molecule has 1 heterocycles. The first-order valence-electron chi connectivity index (χ1n) is 5.12. The molecule has 5 nitrogen and oxygen atoms in total. The molecule has 1 saturated heterocycles. The number of methoxy groups -OCH3 is 1. The summed E-state index contributed by atoms with van der Waals surface area (Å²) in [5.41, 5.74) is 0.0805. The highest BCUT2D eigenvalue weighted by Crippen LogP contribution is 2.39. The van der Waals surface area contributed by atoms with Crippen LogP contribution >= 0.6 is 12.4 Å². The van der Waals surface area contributed by atoms with Gasteiger partial charge in [-0.3, -0.25) is 0 Å². The Hall–Kier alpha value is -1.76. The van der Waals surface area contributed by atoms with Crippen molar-refractivity contribution < 1.29 is 28.2 Å². The summed E-state index contributed by atoms with van der Waals surface area (Å²) in [6, 6.07) is 2.18. The quantitative estimate of drug-likeness (QED) is 0.878. The molecule has 19 heavy (non-hydrogen) atoms. The lowest BCUT2D eigenvalue weighted by Crippen LogP contribution is -2.49. The minimum atomic E-state index is -3.25. The molecule has 1 amide bonds. The van der Waals surface area contributed by atoms with E-state index in [0.717, 1.165) is 0 Å². The molecule has 1 aromatic carbocycles. The molecular weight excluding hydrogens is 284 g/mol. The van der Waals surface area contributed by atoms with E-state index >= 15 is 0 Å². The number of rotatable bonds is 2. The van der Waals surface area contributed by atoms with Crippen LogP contribution in [0.1, 0.15) is 11.6 Å². The van der Waals surface area contributed by atoms with Gasteiger partial charge < -0.3 is 19.9 Å². The lowest BCUT2D eigenvalue weighted by atomic mass is 9.99. The molecule has 0 radical (unpaired) electrons. The Kier molecular flexibility index (Phi) is 4.41. The van der Waals surface area contributed by atoms with Crippen LogP contribution in [0.15, 0.2) is 18.2 Å². The van der Waals surface area contributed by atoms with Gasteiger partial charge in [-0.05, 0) is 12.1 Å². The number of nitrogens with one attached hydrogen (secondary N) is 1. The van der Waals surface area contributed by atoms with Gasteiger partial charge in [0.15, 0.2) is 6.61 Å². The summed E-state index contributed by atoms with van der Waals surface area (Å²) in [5.74, 6) is -3.29. The first-order valence-corrected chi connectivity index (χ1v) is 5.12. The summed E-state index contributed by atoms with van der Waals surface area (Å²) < 4.78 is 36.5. The van der Waals surface area contributed by atoms with Crippen molar-refractivity contribution in [2.75, 3.05) is 13.7 Å². The minimum absolute atomic E-state index is 0. The number of halogens is 3. The topological polar surface area (TPSA) is 67.8 Å². The molecule has 0 bridgehead atoms. The van der Waals surface area contributed by atoms with E-state index in [2.05, 4.69) is 4.74 Å². The maximum atomic E-state index is 13.7. The zero-order valence-electron chi connectivity index (χ0n) is 9.85. The van der Waals surface area contributed by atoms with E-state index in [9.17, 15) is 18.7 Å². The summed E-state index contributed by atoms with van der Waals surface area (Å²) in [4.78, 5) is 11.0. The smallest absolute Gasteiger partial charge is 0.408 e. The number of cyclic esters (lactones) is 1. The predicted octanol–water partition coefficient (Wildman–Crippen LogP) is 2.24. The number of carbonyl (C=O) groups excluding carboxylic acids is 1. The highest BCUT2D eigenvalue weighted by Gasteiger charge is 2.47. The molecule has 1 fully saturated rings. The van der Waals surface area contributed by atoms with Gasteiger partial charge in [0.25, 0.3) is 0 Å². The van der Waals surface area contributed by atoms with Gasteiger partial charge in [0, 0.05) is 11.6 Å². The molecule has 0 aliphatic carbocycles. The fraction of sp³-hybridized carbons (Fsp3) is 0.364. The van der Waals surface area contributed by atoms with Crippen LogP contribution in [0.5, 0.6) is 11.5 Å². The fourth-order valence-electron chi connectivity index (χ4n) is 1.75. The third kappa shape index (κ3) is 2.98. The number of hydrogen-bond donors (Lipinski definition) is 2. The van der Waals surface area contributed by atoms with Crippen molar-refractivity contribution in [3.8, 4) is 11.5 Å². The summed E-state index contributed by atoms with van der Waals surface area (Å²) in [6.07, 6.45) is -0.916. The van der Waals surface area contributed by atoms with Gasteiger partial charge in [0.05, 0.1) is 7.11 Å². The number of hydrogen-bond acceptors (Lipinski definition) is 4. The summed E-state index contributed by atoms with van der Waals surface area (Å²) in [6.45, 7) is -0.993. The molecule has 1 aromatic rings. The third-order valence-corrected chi connectivity index (χ3v) is 2.61. The highest BCUT2D eigenvalue weighted by atomic mass is 35.5. The first-order chi connectivity index (χ1) is 8.44. The van der Waals surface area contributed by atoms with Crippen molar-refractivity contribution in [2.45, 2.75) is 12.0 Å². The number of phenolic OH excluding ortho intramolecular Hbond substituents is 1. The van der Waals surface area contributed by atoms with Crippen LogP contribution in [-0.4, -0.2) is 30.8 Å². The third-order valence-electron chi connectivity index (χ3n) is 2.61. The van der Waals surface area contributed by atoms with E-state index in [-0.39, 0.29) is 29.5 Å². The van der Waals surface area contributed by atoms with Crippen molar-refractivity contribution in [1.29, 1.82) is 0 Å². The van der Waals surface area contributed by atoms with Crippen LogP contribution in [0.2, 0.25) is 0 Å². The predicted molar refractivity (Wildman–Crippen MR) is 64.1 cm³/mol. The van der Waals surface area contributed by atoms with Crippen LogP contribution in [-0.2, 0) is 4.74 Å². The molecule has 2 N–H and O–H groups in total. The van der Waals surface area contributed by atoms with Crippen LogP contribution in [0.25, 0.3) is 0 Å². The maximum Gasteiger partial charge on any atom is 0.408 e. The normalized spacial score (nSPS) is 20.8. The van der Waals surface area contributed by atoms with Crippen molar-refractivity contribution in [2.24, 2.45) is 0 Å². The standard InChI is InChI=1S/C11H11F2NO4.ClH/c1-17-8-4-6(15)2-3-7(8)9-11(12,13)5-18-10(16)14-9;/h2-4,9,15H,5H2,1H3,(H,14,16);1H/t9-;/m0./s1. The second-order valence-corrected chi connectivity index (χ2v) is 3.84. The number of ether oxygens (including phenoxy) is 2. The minimum Gasteiger partial charge on any atom is -0.508 e. The Morgan fingerprint density at radius 3 is 2.84 bits per heavy atom. The lowest BCUT2D eigenvalue weighted by Gasteiger charge is -2.32. The summed E-state index contributed by atoms with van der Waals surface area (Å²) >= 11 is 0. The number of amides is 1. The van der Waals surface area contributed by atoms with Crippen molar-refractivity contribution >= 4 is 18.5 Å². The van der Waals surface area contributed by atoms with E-state index < -0.39 is 24.7 Å². The zero-order valence-corrected chi connectivity index (χ0v) is 10.7. The monoisotopic (exact) mass is 295 g/mol. The Morgan fingerprint density at radius 1 is 1.53 bits per heavy atom. The van der Waals surface area contributed by atoms with Gasteiger partial charge >= 0.3 is 12.0 Å². The molecule has 106 valence electrons. The second kappa shape index (κ2) is 5.48. The molecule has 0 aromatic heterocycles. The molecule has 1 aliphatic heterocycles. The highest BCUT2D eigenvalue weighted by molar-refractivity contribution is 5.85. The number of benzene rings is 1. The van der Waals surface area contributed by atoms with Gasteiger partial charge in [-0.15, -0.1) is 12.4 Å². The number of aromatic hydroxyl groups is 1. The van der Waals surface area contributed by atoms with Crippen LogP contribution in [0.3, 0.4) is 0 Å². The Bertz CT molecular complexity index is 484. The summed E-state index contributed by atoms with van der Waals surface area (Å²) in [5, 5.41) is 11.3. The Labute approximate surface area is 113 Å². The molecule has 1 aliphatic rings. The number of alkyl carbamates (subject to hydrolysis) is 1. The van der Waals surface area contributed by atoms with E-state index in [1.54, 1.807) is 0 Å². The number of phenols is 1. The van der Waals surface area contributed by atoms with Crippen LogP contribution in [0, 0.1) is 0 Å². The molecule has 0 unspecified atom stereocenters. The average molecular weight is 296 g/mol. The Morgan fingerprint density at radius 2 is 2.21 bits per heavy atom. The SMILES string of the molecule is COc1cc(O)ccc1[C@@H]1NC(=O)OCC1(F)F.Cl. The molecular formula is C11H12ClF2NO4. The van der Waals surface area contributed by atoms with Gasteiger partial charge in [0.1, 0.15) is 17.5 Å². The van der Waals surface area contributed by atoms with Crippen molar-refractivity contribution in [3.63, 3.8) is 0 Å². The van der Waals surface area contributed by atoms with Crippen molar-refractivity contribution in [3.05, 3.63) is 23.8 Å². The van der Waals surface area contributed by atoms with Gasteiger partial charge in [-0.25, -0.2) is 13.6 Å². The second-order valence-electron chi connectivity index (χ2n) is 3.84. The first kappa shape index (κ1) is 15.3. The van der Waals surface area contributed by atoms with E-state index in [0.29, 0.717) is 0 Å². The zero-order chi connectivity index (χ0) is 13.3. The van der Waals surface area contributed by atoms with Crippen molar-refractivity contribution in [1.82, 2.24) is 5.32 Å². The fourth-order valence-corrected chi connectivity index (χ4v) is 1.75. The molecule has 8 heteroatoms. The van der Waals surface area contributed by atoms with Crippen LogP contribution < -0.4 is 10.1 Å². The van der Waals surface area contributed by atoms with E-state index in [4.69, 9.17) is 4.74 Å². The largest absolute Gasteiger partial charge is 0.508 e. The van der Waals surface area contributed by atoms with Gasteiger partial charge in [-0.2, -0.15) is 0 Å². The van der Waals surface area contributed by atoms with E-state index in [1.165, 1.54) is 25.3 Å². The summed E-state index contributed by atoms with van der Waals surface area (Å²) in [7, 11) is 1.29. The number of carbonyl (C=O) groups is 1. The average Bonchev–Trinajstić information content (AvgIpc) is 2.32. The van der Waals surface area contributed by atoms with Gasteiger partial charge in [-0.1, -0.05) is 0 Å². The lowest BCUT2D eigenvalue weighted by molar-refractivity contribution is -0.104. The molecule has 0 spiro atoms. The van der Waals surface area contributed by atoms with Crippen LogP contribution in [0.4, 0.5) is 13.6 Å². The van der Waals surface area contributed by atoms with E-state index in [1.807, 2.05) is 5.32 Å². The number of alkyl halides is 2.